The van der Waals surface area contributed by atoms with Gasteiger partial charge in [-0.05, 0) is 31.0 Å². The molecular weight excluding hydrogens is 374 g/mol. The van der Waals surface area contributed by atoms with E-state index in [1.54, 1.807) is 12.3 Å². The van der Waals surface area contributed by atoms with Crippen molar-refractivity contribution in [1.82, 2.24) is 14.7 Å². The van der Waals surface area contributed by atoms with Gasteiger partial charge >= 0.3 is 12.1 Å². The summed E-state index contributed by atoms with van der Waals surface area (Å²) in [5.41, 5.74) is 2.29. The fourth-order valence-corrected chi connectivity index (χ4v) is 2.60. The molecule has 0 fully saturated rings. The van der Waals surface area contributed by atoms with Gasteiger partial charge < -0.3 is 14.8 Å². The van der Waals surface area contributed by atoms with Crippen LogP contribution in [0.1, 0.15) is 23.7 Å². The van der Waals surface area contributed by atoms with Crippen LogP contribution in [0.3, 0.4) is 0 Å². The highest BCUT2D eigenvalue weighted by Crippen LogP contribution is 2.05. The molecule has 0 bridgehead atoms. The van der Waals surface area contributed by atoms with Crippen LogP contribution in [0.2, 0.25) is 0 Å². The second-order valence-corrected chi connectivity index (χ2v) is 6.56. The van der Waals surface area contributed by atoms with E-state index < -0.39 is 18.1 Å². The monoisotopic (exact) mass is 395 g/mol. The van der Waals surface area contributed by atoms with Crippen molar-refractivity contribution < 1.29 is 19.1 Å². The average Bonchev–Trinajstić information content (AvgIpc) is 2.71. The standard InChI is InChI=1S/C21H21N3O5/c1-14-8-9-18-23-17(10-19(25)24(18)11-14)13-28-20(26)15(2)22-21(27)29-12-16-6-4-3-5-7-16/h3-11,15H,12-13H2,1-2H3,(H,22,27)/t15-/m0/s1. The first-order valence-electron chi connectivity index (χ1n) is 9.05. The number of hydrogen-bond donors (Lipinski definition) is 1. The molecule has 0 unspecified atom stereocenters. The predicted molar refractivity (Wildman–Crippen MR) is 105 cm³/mol. The first-order chi connectivity index (χ1) is 13.9. The second-order valence-electron chi connectivity index (χ2n) is 6.56. The molecular formula is C21H21N3O5. The lowest BCUT2D eigenvalue weighted by atomic mass is 10.2. The summed E-state index contributed by atoms with van der Waals surface area (Å²) in [7, 11) is 0. The quantitative estimate of drug-likeness (QED) is 0.644. The Morgan fingerprint density at radius 1 is 1.10 bits per heavy atom. The minimum atomic E-state index is -0.914. The maximum Gasteiger partial charge on any atom is 0.408 e. The summed E-state index contributed by atoms with van der Waals surface area (Å²) in [5, 5.41) is 2.41. The van der Waals surface area contributed by atoms with Gasteiger partial charge in [0, 0.05) is 12.3 Å². The van der Waals surface area contributed by atoms with Crippen LogP contribution in [-0.2, 0) is 27.5 Å². The SMILES string of the molecule is Cc1ccc2nc(COC(=O)[C@H](C)NC(=O)OCc3ccccc3)cc(=O)n2c1. The van der Waals surface area contributed by atoms with E-state index in [2.05, 4.69) is 10.3 Å². The van der Waals surface area contributed by atoms with E-state index in [4.69, 9.17) is 9.47 Å². The van der Waals surface area contributed by atoms with E-state index in [9.17, 15) is 14.4 Å². The number of carbonyl (C=O) groups is 2. The molecule has 1 amide bonds. The van der Waals surface area contributed by atoms with Gasteiger partial charge in [0.05, 0.1) is 5.69 Å². The van der Waals surface area contributed by atoms with Crippen LogP contribution in [0.15, 0.2) is 59.5 Å². The average molecular weight is 395 g/mol. The molecule has 0 saturated carbocycles. The number of aryl methyl sites for hydroxylation is 1. The Kier molecular flexibility index (Phi) is 6.23. The first kappa shape index (κ1) is 20.1. The summed E-state index contributed by atoms with van der Waals surface area (Å²) >= 11 is 0. The van der Waals surface area contributed by atoms with Crippen molar-refractivity contribution in [2.45, 2.75) is 33.1 Å². The van der Waals surface area contributed by atoms with Gasteiger partial charge in [0.15, 0.2) is 0 Å². The maximum absolute atomic E-state index is 12.2. The van der Waals surface area contributed by atoms with Gasteiger partial charge in [-0.2, -0.15) is 0 Å². The van der Waals surface area contributed by atoms with E-state index in [-0.39, 0.29) is 18.8 Å². The van der Waals surface area contributed by atoms with Crippen molar-refractivity contribution >= 4 is 17.7 Å². The Balaban J connectivity index is 1.52. The lowest BCUT2D eigenvalue weighted by Gasteiger charge is -2.13. The molecule has 150 valence electrons. The number of alkyl carbamates (subject to hydrolysis) is 1. The Bertz CT molecular complexity index is 1080. The summed E-state index contributed by atoms with van der Waals surface area (Å²) in [5.74, 6) is -0.660. The number of esters is 1. The maximum atomic E-state index is 12.2. The molecule has 1 atom stereocenters. The van der Waals surface area contributed by atoms with Gasteiger partial charge in [0.2, 0.25) is 0 Å². The lowest BCUT2D eigenvalue weighted by Crippen LogP contribution is -2.39. The van der Waals surface area contributed by atoms with Gasteiger partial charge in [-0.25, -0.2) is 14.6 Å². The molecule has 0 aliphatic carbocycles. The smallest absolute Gasteiger partial charge is 0.408 e. The van der Waals surface area contributed by atoms with E-state index in [0.717, 1.165) is 11.1 Å². The topological polar surface area (TPSA) is 99.0 Å². The molecule has 0 radical (unpaired) electrons. The zero-order valence-corrected chi connectivity index (χ0v) is 16.1. The summed E-state index contributed by atoms with van der Waals surface area (Å²) in [4.78, 5) is 40.4. The van der Waals surface area contributed by atoms with Crippen LogP contribution in [-0.4, -0.2) is 27.5 Å². The molecule has 0 aliphatic heterocycles. The highest BCUT2D eigenvalue weighted by atomic mass is 16.6. The van der Waals surface area contributed by atoms with Crippen molar-refractivity contribution in [2.24, 2.45) is 0 Å². The molecule has 0 saturated heterocycles. The molecule has 29 heavy (non-hydrogen) atoms. The largest absolute Gasteiger partial charge is 0.458 e. The van der Waals surface area contributed by atoms with Crippen LogP contribution < -0.4 is 10.9 Å². The zero-order chi connectivity index (χ0) is 20.8. The minimum Gasteiger partial charge on any atom is -0.458 e. The Labute approximate surface area is 167 Å². The Hall–Kier alpha value is -3.68. The second kappa shape index (κ2) is 9.01. The number of aromatic nitrogens is 2. The van der Waals surface area contributed by atoms with Gasteiger partial charge in [0.25, 0.3) is 5.56 Å². The number of rotatable bonds is 6. The van der Waals surface area contributed by atoms with Gasteiger partial charge in [-0.3, -0.25) is 9.20 Å². The number of nitrogens with zero attached hydrogens (tertiary/aromatic N) is 2. The van der Waals surface area contributed by atoms with Crippen molar-refractivity contribution in [2.75, 3.05) is 0 Å². The third-order valence-corrected chi connectivity index (χ3v) is 4.12. The molecule has 0 spiro atoms. The van der Waals surface area contributed by atoms with E-state index in [1.165, 1.54) is 17.4 Å². The van der Waals surface area contributed by atoms with Crippen molar-refractivity contribution in [1.29, 1.82) is 0 Å². The van der Waals surface area contributed by atoms with Crippen molar-refractivity contribution in [3.05, 3.63) is 81.9 Å². The predicted octanol–water partition coefficient (Wildman–Crippen LogP) is 2.36. The number of ether oxygens (including phenoxy) is 2. The summed E-state index contributed by atoms with van der Waals surface area (Å²) in [6.45, 7) is 3.28. The molecule has 2 heterocycles. The number of nitrogens with one attached hydrogen (secondary N) is 1. The fourth-order valence-electron chi connectivity index (χ4n) is 2.60. The number of fused-ring (bicyclic) bond motifs is 1. The molecule has 1 aromatic carbocycles. The normalized spacial score (nSPS) is 11.7. The van der Waals surface area contributed by atoms with Crippen LogP contribution in [0.25, 0.3) is 5.65 Å². The molecule has 3 rings (SSSR count). The third kappa shape index (κ3) is 5.41. The molecule has 3 aromatic rings. The van der Waals surface area contributed by atoms with Gasteiger partial charge in [-0.1, -0.05) is 36.4 Å². The molecule has 8 heteroatoms. The van der Waals surface area contributed by atoms with Crippen LogP contribution in [0.5, 0.6) is 0 Å². The number of carbonyl (C=O) groups excluding carboxylic acids is 2. The summed E-state index contributed by atoms with van der Waals surface area (Å²) in [6, 6.07) is 13.1. The summed E-state index contributed by atoms with van der Waals surface area (Å²) in [6.07, 6.45) is 0.962. The summed E-state index contributed by atoms with van der Waals surface area (Å²) < 4.78 is 11.7. The third-order valence-electron chi connectivity index (χ3n) is 4.12. The van der Waals surface area contributed by atoms with Gasteiger partial charge in [0.1, 0.15) is 24.9 Å². The van der Waals surface area contributed by atoms with Crippen molar-refractivity contribution in [3.63, 3.8) is 0 Å². The Morgan fingerprint density at radius 3 is 2.62 bits per heavy atom. The zero-order valence-electron chi connectivity index (χ0n) is 16.1. The molecule has 2 aromatic heterocycles. The number of pyridine rings is 1. The molecule has 1 N–H and O–H groups in total. The molecule has 8 nitrogen and oxygen atoms in total. The number of benzene rings is 1. The highest BCUT2D eigenvalue weighted by Gasteiger charge is 2.18. The first-order valence-corrected chi connectivity index (χ1v) is 9.05. The van der Waals surface area contributed by atoms with Crippen molar-refractivity contribution in [3.8, 4) is 0 Å². The molecule has 0 aliphatic rings. The Morgan fingerprint density at radius 2 is 1.86 bits per heavy atom. The van der Waals surface area contributed by atoms with E-state index in [1.807, 2.05) is 43.3 Å². The highest BCUT2D eigenvalue weighted by molar-refractivity contribution is 5.80. The fraction of sp³-hybridized carbons (Fsp3) is 0.238. The van der Waals surface area contributed by atoms with Crippen LogP contribution in [0.4, 0.5) is 4.79 Å². The van der Waals surface area contributed by atoms with Crippen LogP contribution in [0, 0.1) is 6.92 Å². The van der Waals surface area contributed by atoms with E-state index >= 15 is 0 Å². The van der Waals surface area contributed by atoms with E-state index in [0.29, 0.717) is 11.3 Å². The van der Waals surface area contributed by atoms with Gasteiger partial charge in [-0.15, -0.1) is 0 Å². The number of amides is 1. The lowest BCUT2D eigenvalue weighted by molar-refractivity contribution is -0.147. The minimum absolute atomic E-state index is 0.0961. The number of hydrogen-bond acceptors (Lipinski definition) is 6. The van der Waals surface area contributed by atoms with Crippen LogP contribution >= 0.6 is 0 Å².